The topological polar surface area (TPSA) is 48.7 Å². The summed E-state index contributed by atoms with van der Waals surface area (Å²) in [4.78, 5) is 16.7. The second kappa shape index (κ2) is 8.34. The molecule has 5 nitrogen and oxygen atoms in total. The van der Waals surface area contributed by atoms with E-state index in [1.807, 2.05) is 17.0 Å². The SMILES string of the molecule is CCCN(CCC)C(C)c1ccc(C(=O)N2CCNCC2)o1. The molecule has 1 fully saturated rings. The molecule has 2 heterocycles. The van der Waals surface area contributed by atoms with Crippen LogP contribution in [0.25, 0.3) is 0 Å². The van der Waals surface area contributed by atoms with Crippen LogP contribution in [-0.2, 0) is 0 Å². The Morgan fingerprint density at radius 1 is 1.27 bits per heavy atom. The van der Waals surface area contributed by atoms with E-state index in [1.54, 1.807) is 0 Å². The van der Waals surface area contributed by atoms with Crippen LogP contribution < -0.4 is 5.32 Å². The molecule has 0 radical (unpaired) electrons. The summed E-state index contributed by atoms with van der Waals surface area (Å²) in [6.45, 7) is 11.9. The second-order valence-corrected chi connectivity index (χ2v) is 5.96. The first-order valence-corrected chi connectivity index (χ1v) is 8.51. The molecular formula is C17H29N3O2. The highest BCUT2D eigenvalue weighted by Gasteiger charge is 2.23. The van der Waals surface area contributed by atoms with Crippen LogP contribution in [0.2, 0.25) is 0 Å². The summed E-state index contributed by atoms with van der Waals surface area (Å²) in [6.07, 6.45) is 2.25. The van der Waals surface area contributed by atoms with Gasteiger partial charge in [0, 0.05) is 26.2 Å². The van der Waals surface area contributed by atoms with Gasteiger partial charge in [0.05, 0.1) is 6.04 Å². The molecule has 5 heteroatoms. The predicted octanol–water partition coefficient (Wildman–Crippen LogP) is 2.51. The van der Waals surface area contributed by atoms with Crippen molar-refractivity contribution in [1.29, 1.82) is 0 Å². The van der Waals surface area contributed by atoms with Gasteiger partial charge in [0.1, 0.15) is 5.76 Å². The maximum Gasteiger partial charge on any atom is 0.289 e. The molecule has 1 N–H and O–H groups in total. The highest BCUT2D eigenvalue weighted by atomic mass is 16.4. The van der Waals surface area contributed by atoms with Gasteiger partial charge in [-0.05, 0) is 45.0 Å². The van der Waals surface area contributed by atoms with Crippen LogP contribution in [-0.4, -0.2) is 55.0 Å². The number of carbonyl (C=O) groups excluding carboxylic acids is 1. The minimum absolute atomic E-state index is 0.0116. The fourth-order valence-corrected chi connectivity index (χ4v) is 2.97. The largest absolute Gasteiger partial charge is 0.454 e. The van der Waals surface area contributed by atoms with Gasteiger partial charge < -0.3 is 14.6 Å². The molecule has 1 aromatic heterocycles. The summed E-state index contributed by atoms with van der Waals surface area (Å²) in [5, 5.41) is 3.26. The molecule has 0 saturated carbocycles. The molecule has 0 spiro atoms. The molecule has 22 heavy (non-hydrogen) atoms. The van der Waals surface area contributed by atoms with Crippen LogP contribution in [0.5, 0.6) is 0 Å². The van der Waals surface area contributed by atoms with Gasteiger partial charge in [0.25, 0.3) is 5.91 Å². The lowest BCUT2D eigenvalue weighted by molar-refractivity contribution is 0.0697. The zero-order valence-electron chi connectivity index (χ0n) is 14.1. The van der Waals surface area contributed by atoms with Gasteiger partial charge in [-0.1, -0.05) is 13.8 Å². The Kier molecular flexibility index (Phi) is 6.46. The van der Waals surface area contributed by atoms with Crippen molar-refractivity contribution in [2.75, 3.05) is 39.3 Å². The third-order valence-corrected chi connectivity index (χ3v) is 4.22. The first-order valence-electron chi connectivity index (χ1n) is 8.51. The molecule has 1 aliphatic rings. The van der Waals surface area contributed by atoms with Gasteiger partial charge in [-0.2, -0.15) is 0 Å². The normalized spacial score (nSPS) is 17.0. The molecule has 0 aliphatic carbocycles. The third-order valence-electron chi connectivity index (χ3n) is 4.22. The van der Waals surface area contributed by atoms with Gasteiger partial charge in [-0.15, -0.1) is 0 Å². The Morgan fingerprint density at radius 2 is 1.91 bits per heavy atom. The zero-order valence-corrected chi connectivity index (χ0v) is 14.1. The molecule has 1 aliphatic heterocycles. The van der Waals surface area contributed by atoms with E-state index in [0.717, 1.165) is 57.9 Å². The minimum Gasteiger partial charge on any atom is -0.454 e. The standard InChI is InChI=1S/C17H29N3O2/c1-4-10-19(11-5-2)14(3)15-6-7-16(22-15)17(21)20-12-8-18-9-13-20/h6-7,14,18H,4-5,8-13H2,1-3H3. The van der Waals surface area contributed by atoms with Gasteiger partial charge in [0.15, 0.2) is 5.76 Å². The lowest BCUT2D eigenvalue weighted by atomic mass is 10.2. The smallest absolute Gasteiger partial charge is 0.289 e. The van der Waals surface area contributed by atoms with Crippen molar-refractivity contribution in [3.8, 4) is 0 Å². The minimum atomic E-state index is 0.0116. The zero-order chi connectivity index (χ0) is 15.9. The maximum atomic E-state index is 12.4. The number of rotatable bonds is 7. The summed E-state index contributed by atoms with van der Waals surface area (Å²) in [5.74, 6) is 1.37. The molecule has 124 valence electrons. The van der Waals surface area contributed by atoms with Crippen LogP contribution in [0.3, 0.4) is 0 Å². The van der Waals surface area contributed by atoms with Gasteiger partial charge in [-0.3, -0.25) is 9.69 Å². The van der Waals surface area contributed by atoms with E-state index < -0.39 is 0 Å². The van der Waals surface area contributed by atoms with E-state index >= 15 is 0 Å². The summed E-state index contributed by atoms with van der Waals surface area (Å²) in [6, 6.07) is 3.99. The van der Waals surface area contributed by atoms with E-state index in [4.69, 9.17) is 4.42 Å². The average Bonchev–Trinajstić information content (AvgIpc) is 3.04. The molecule has 1 amide bonds. The third kappa shape index (κ3) is 4.11. The van der Waals surface area contributed by atoms with Crippen molar-refractivity contribution in [3.05, 3.63) is 23.7 Å². The van der Waals surface area contributed by atoms with Gasteiger partial charge in [0.2, 0.25) is 0 Å². The first-order chi connectivity index (χ1) is 10.7. The van der Waals surface area contributed by atoms with Gasteiger partial charge in [-0.25, -0.2) is 0 Å². The van der Waals surface area contributed by atoms with E-state index in [1.165, 1.54) is 0 Å². The Labute approximate surface area is 133 Å². The Hall–Kier alpha value is -1.33. The highest BCUT2D eigenvalue weighted by Crippen LogP contribution is 2.23. The number of carbonyl (C=O) groups is 1. The molecule has 2 rings (SSSR count). The van der Waals surface area contributed by atoms with Crippen molar-refractivity contribution >= 4 is 5.91 Å². The molecule has 1 saturated heterocycles. The number of nitrogens with one attached hydrogen (secondary N) is 1. The number of hydrogen-bond donors (Lipinski definition) is 1. The van der Waals surface area contributed by atoms with Crippen LogP contribution in [0, 0.1) is 0 Å². The second-order valence-electron chi connectivity index (χ2n) is 5.96. The molecule has 0 bridgehead atoms. The number of hydrogen-bond acceptors (Lipinski definition) is 4. The monoisotopic (exact) mass is 307 g/mol. The Morgan fingerprint density at radius 3 is 2.50 bits per heavy atom. The molecule has 0 aromatic carbocycles. The predicted molar refractivity (Wildman–Crippen MR) is 88.1 cm³/mol. The maximum absolute atomic E-state index is 12.4. The number of piperazine rings is 1. The lowest BCUT2D eigenvalue weighted by Gasteiger charge is -2.27. The summed E-state index contributed by atoms with van der Waals surface area (Å²) in [5.41, 5.74) is 0. The number of furan rings is 1. The van der Waals surface area contributed by atoms with Gasteiger partial charge >= 0.3 is 0 Å². The average molecular weight is 307 g/mol. The quantitative estimate of drug-likeness (QED) is 0.841. The first kappa shape index (κ1) is 17.0. The Bertz CT molecular complexity index is 460. The molecule has 1 unspecified atom stereocenters. The molecular weight excluding hydrogens is 278 g/mol. The van der Waals surface area contributed by atoms with Crippen molar-refractivity contribution in [3.63, 3.8) is 0 Å². The fourth-order valence-electron chi connectivity index (χ4n) is 2.97. The van der Waals surface area contributed by atoms with Crippen LogP contribution >= 0.6 is 0 Å². The summed E-state index contributed by atoms with van der Waals surface area (Å²) in [7, 11) is 0. The van der Waals surface area contributed by atoms with Crippen molar-refractivity contribution < 1.29 is 9.21 Å². The van der Waals surface area contributed by atoms with Crippen LogP contribution in [0.1, 0.15) is 56.0 Å². The fraction of sp³-hybridized carbons (Fsp3) is 0.706. The summed E-state index contributed by atoms with van der Waals surface area (Å²) < 4.78 is 5.88. The number of nitrogens with zero attached hydrogens (tertiary/aromatic N) is 2. The van der Waals surface area contributed by atoms with Crippen LogP contribution in [0.4, 0.5) is 0 Å². The van der Waals surface area contributed by atoms with Crippen molar-refractivity contribution in [1.82, 2.24) is 15.1 Å². The summed E-state index contributed by atoms with van der Waals surface area (Å²) >= 11 is 0. The van der Waals surface area contributed by atoms with E-state index in [-0.39, 0.29) is 11.9 Å². The van der Waals surface area contributed by atoms with Crippen molar-refractivity contribution in [2.24, 2.45) is 0 Å². The van der Waals surface area contributed by atoms with E-state index in [9.17, 15) is 4.79 Å². The molecule has 1 aromatic rings. The van der Waals surface area contributed by atoms with Crippen LogP contribution in [0.15, 0.2) is 16.5 Å². The number of amides is 1. The Balaban J connectivity index is 2.04. The molecule has 1 atom stereocenters. The van der Waals surface area contributed by atoms with E-state index in [2.05, 4.69) is 31.0 Å². The van der Waals surface area contributed by atoms with E-state index in [0.29, 0.717) is 5.76 Å². The van der Waals surface area contributed by atoms with Crippen molar-refractivity contribution in [2.45, 2.75) is 39.7 Å². The lowest BCUT2D eigenvalue weighted by Crippen LogP contribution is -2.46. The highest BCUT2D eigenvalue weighted by molar-refractivity contribution is 5.91.